The fourth-order valence-corrected chi connectivity index (χ4v) is 2.29. The van der Waals surface area contributed by atoms with Gasteiger partial charge in [-0.15, -0.1) is 0 Å². The number of carbonyl (C=O) groups excluding carboxylic acids is 1. The molecule has 3 aromatic rings. The number of thioether (sulfide) groups is 1. The Morgan fingerprint density at radius 1 is 1.29 bits per heavy atom. The van der Waals surface area contributed by atoms with Crippen molar-refractivity contribution in [1.82, 2.24) is 9.97 Å². The molecule has 1 aromatic carbocycles. The molecular weight excluding hydrogens is 293 g/mol. The molecule has 0 fully saturated rings. The molecule has 1 amide bonds. The van der Waals surface area contributed by atoms with E-state index < -0.39 is 0 Å². The zero-order valence-corrected chi connectivity index (χ0v) is 11.6. The van der Waals surface area contributed by atoms with Crippen molar-refractivity contribution in [2.45, 2.75) is 5.22 Å². The highest BCUT2D eigenvalue weighted by Crippen LogP contribution is 2.22. The largest absolute Gasteiger partial charge is 0.430 e. The summed E-state index contributed by atoms with van der Waals surface area (Å²) in [6, 6.07) is 9.09. The molecule has 0 saturated carbocycles. The Kier molecular flexibility index (Phi) is 3.83. The second-order valence-electron chi connectivity index (χ2n) is 4.15. The van der Waals surface area contributed by atoms with Crippen LogP contribution < -0.4 is 5.32 Å². The van der Waals surface area contributed by atoms with Crippen LogP contribution in [0.5, 0.6) is 0 Å². The Hall–Kier alpha value is -2.41. The van der Waals surface area contributed by atoms with E-state index in [1.54, 1.807) is 18.3 Å². The number of oxazole rings is 1. The third kappa shape index (κ3) is 3.38. The summed E-state index contributed by atoms with van der Waals surface area (Å²) in [5.41, 5.74) is 1.64. The molecule has 0 aliphatic rings. The van der Waals surface area contributed by atoms with Crippen LogP contribution in [0, 0.1) is 5.82 Å². The summed E-state index contributed by atoms with van der Waals surface area (Å²) in [6.45, 7) is 0. The van der Waals surface area contributed by atoms with Crippen molar-refractivity contribution in [1.29, 1.82) is 0 Å². The third-order valence-corrected chi connectivity index (χ3v) is 3.43. The maximum atomic E-state index is 12.8. The van der Waals surface area contributed by atoms with Crippen LogP contribution in [0.4, 0.5) is 10.1 Å². The molecule has 0 unspecified atom stereocenters. The van der Waals surface area contributed by atoms with E-state index in [0.717, 1.165) is 0 Å². The minimum absolute atomic E-state index is 0.143. The topological polar surface area (TPSA) is 68.0 Å². The van der Waals surface area contributed by atoms with Gasteiger partial charge in [-0.05, 0) is 36.4 Å². The van der Waals surface area contributed by atoms with Gasteiger partial charge in [0.1, 0.15) is 5.82 Å². The van der Waals surface area contributed by atoms with Crippen LogP contribution in [0.15, 0.2) is 52.2 Å². The SMILES string of the molecule is O=C(CSc1nc2ncccc2o1)Nc1ccc(F)cc1. The van der Waals surface area contributed by atoms with Gasteiger partial charge in [0.15, 0.2) is 11.2 Å². The first kappa shape index (κ1) is 13.6. The number of benzene rings is 1. The van der Waals surface area contributed by atoms with Gasteiger partial charge < -0.3 is 9.73 Å². The van der Waals surface area contributed by atoms with Gasteiger partial charge in [0.25, 0.3) is 5.22 Å². The number of pyridine rings is 1. The summed E-state index contributed by atoms with van der Waals surface area (Å²) >= 11 is 1.17. The van der Waals surface area contributed by atoms with Crippen LogP contribution in [0.2, 0.25) is 0 Å². The highest BCUT2D eigenvalue weighted by atomic mass is 32.2. The first-order valence-corrected chi connectivity index (χ1v) is 7.09. The molecule has 2 aromatic heterocycles. The van der Waals surface area contributed by atoms with E-state index in [4.69, 9.17) is 4.42 Å². The van der Waals surface area contributed by atoms with Gasteiger partial charge in [0.2, 0.25) is 5.91 Å². The Bertz CT molecular complexity index is 740. The van der Waals surface area contributed by atoms with Crippen LogP contribution >= 0.6 is 11.8 Å². The third-order valence-electron chi connectivity index (χ3n) is 2.60. The molecule has 0 aliphatic heterocycles. The van der Waals surface area contributed by atoms with Crippen LogP contribution in [-0.2, 0) is 4.79 Å². The van der Waals surface area contributed by atoms with Crippen LogP contribution in [-0.4, -0.2) is 21.6 Å². The summed E-state index contributed by atoms with van der Waals surface area (Å²) in [7, 11) is 0. The standard InChI is InChI=1S/C14H10FN3O2S/c15-9-3-5-10(6-4-9)17-12(19)8-21-14-18-13-11(20-14)2-1-7-16-13/h1-7H,8H2,(H,17,19). The summed E-state index contributed by atoms with van der Waals surface area (Å²) in [6.07, 6.45) is 1.63. The maximum absolute atomic E-state index is 12.8. The van der Waals surface area contributed by atoms with Crippen molar-refractivity contribution in [3.8, 4) is 0 Å². The van der Waals surface area contributed by atoms with Crippen molar-refractivity contribution in [3.63, 3.8) is 0 Å². The zero-order chi connectivity index (χ0) is 14.7. The van der Waals surface area contributed by atoms with Gasteiger partial charge in [0.05, 0.1) is 5.75 Å². The molecule has 21 heavy (non-hydrogen) atoms. The van der Waals surface area contributed by atoms with E-state index in [9.17, 15) is 9.18 Å². The minimum Gasteiger partial charge on any atom is -0.430 e. The first-order valence-electron chi connectivity index (χ1n) is 6.10. The van der Waals surface area contributed by atoms with E-state index >= 15 is 0 Å². The molecule has 1 N–H and O–H groups in total. The molecular formula is C14H10FN3O2S. The number of nitrogens with zero attached hydrogens (tertiary/aromatic N) is 2. The first-order chi connectivity index (χ1) is 10.2. The number of nitrogens with one attached hydrogen (secondary N) is 1. The number of hydrogen-bond donors (Lipinski definition) is 1. The lowest BCUT2D eigenvalue weighted by Gasteiger charge is -2.03. The van der Waals surface area contributed by atoms with E-state index in [1.165, 1.54) is 36.0 Å². The fourth-order valence-electron chi connectivity index (χ4n) is 1.67. The van der Waals surface area contributed by atoms with Crippen molar-refractivity contribution >= 4 is 34.6 Å². The highest BCUT2D eigenvalue weighted by molar-refractivity contribution is 7.99. The van der Waals surface area contributed by atoms with Crippen molar-refractivity contribution in [2.24, 2.45) is 0 Å². The van der Waals surface area contributed by atoms with Gasteiger partial charge in [-0.2, -0.15) is 4.98 Å². The molecule has 0 atom stereocenters. The average molecular weight is 303 g/mol. The van der Waals surface area contributed by atoms with Crippen molar-refractivity contribution < 1.29 is 13.6 Å². The molecule has 0 spiro atoms. The van der Waals surface area contributed by atoms with Crippen LogP contribution in [0.1, 0.15) is 0 Å². The molecule has 0 radical (unpaired) electrons. The number of aromatic nitrogens is 2. The smallest absolute Gasteiger partial charge is 0.258 e. The second kappa shape index (κ2) is 5.92. The molecule has 0 bridgehead atoms. The van der Waals surface area contributed by atoms with Gasteiger partial charge in [-0.3, -0.25) is 4.79 Å². The molecule has 3 rings (SSSR count). The lowest BCUT2D eigenvalue weighted by atomic mass is 10.3. The van der Waals surface area contributed by atoms with E-state index in [0.29, 0.717) is 22.1 Å². The number of anilines is 1. The Balaban J connectivity index is 1.59. The van der Waals surface area contributed by atoms with Crippen molar-refractivity contribution in [3.05, 3.63) is 48.4 Å². The Labute approximate surface area is 123 Å². The molecule has 106 valence electrons. The summed E-state index contributed by atoms with van der Waals surface area (Å²) in [5.74, 6) is -0.423. The predicted octanol–water partition coefficient (Wildman–Crippen LogP) is 3.09. The minimum atomic E-state index is -0.346. The van der Waals surface area contributed by atoms with Crippen LogP contribution in [0.25, 0.3) is 11.2 Å². The van der Waals surface area contributed by atoms with Crippen LogP contribution in [0.3, 0.4) is 0 Å². The summed E-state index contributed by atoms with van der Waals surface area (Å²) < 4.78 is 18.2. The van der Waals surface area contributed by atoms with E-state index in [-0.39, 0.29) is 17.5 Å². The summed E-state index contributed by atoms with van der Waals surface area (Å²) in [5, 5.41) is 3.05. The van der Waals surface area contributed by atoms with E-state index in [1.807, 2.05) is 0 Å². The number of amides is 1. The lowest BCUT2D eigenvalue weighted by Crippen LogP contribution is -2.13. The zero-order valence-electron chi connectivity index (χ0n) is 10.7. The molecule has 5 nitrogen and oxygen atoms in total. The van der Waals surface area contributed by atoms with Gasteiger partial charge in [0, 0.05) is 11.9 Å². The highest BCUT2D eigenvalue weighted by Gasteiger charge is 2.10. The summed E-state index contributed by atoms with van der Waals surface area (Å²) in [4.78, 5) is 20.0. The number of carbonyl (C=O) groups is 1. The number of rotatable bonds is 4. The quantitative estimate of drug-likeness (QED) is 0.750. The monoisotopic (exact) mass is 303 g/mol. The van der Waals surface area contributed by atoms with Crippen molar-refractivity contribution in [2.75, 3.05) is 11.1 Å². The number of hydrogen-bond acceptors (Lipinski definition) is 5. The number of halogens is 1. The fraction of sp³-hybridized carbons (Fsp3) is 0.0714. The van der Waals surface area contributed by atoms with Gasteiger partial charge >= 0.3 is 0 Å². The molecule has 7 heteroatoms. The van der Waals surface area contributed by atoms with Gasteiger partial charge in [-0.25, -0.2) is 9.37 Å². The predicted molar refractivity (Wildman–Crippen MR) is 77.6 cm³/mol. The van der Waals surface area contributed by atoms with E-state index in [2.05, 4.69) is 15.3 Å². The molecule has 0 aliphatic carbocycles. The Morgan fingerprint density at radius 2 is 2.10 bits per heavy atom. The maximum Gasteiger partial charge on any atom is 0.258 e. The normalized spacial score (nSPS) is 10.7. The Morgan fingerprint density at radius 3 is 2.86 bits per heavy atom. The molecule has 2 heterocycles. The average Bonchev–Trinajstić information content (AvgIpc) is 2.90. The molecule has 0 saturated heterocycles. The van der Waals surface area contributed by atoms with Gasteiger partial charge in [-0.1, -0.05) is 11.8 Å². The second-order valence-corrected chi connectivity index (χ2v) is 5.08. The lowest BCUT2D eigenvalue weighted by molar-refractivity contribution is -0.113. The number of fused-ring (bicyclic) bond motifs is 1.